The Kier molecular flexibility index (Phi) is 4.31. The van der Waals surface area contributed by atoms with E-state index in [0.29, 0.717) is 24.6 Å². The van der Waals surface area contributed by atoms with E-state index in [4.69, 9.17) is 0 Å². The molecule has 0 saturated carbocycles. The topological polar surface area (TPSA) is 67.4 Å². The molecule has 0 radical (unpaired) electrons. The van der Waals surface area contributed by atoms with Gasteiger partial charge in [-0.25, -0.2) is 9.97 Å². The van der Waals surface area contributed by atoms with Gasteiger partial charge in [0.1, 0.15) is 11.8 Å². The van der Waals surface area contributed by atoms with Crippen LogP contribution in [0, 0.1) is 0 Å². The Morgan fingerprint density at radius 2 is 1.96 bits per heavy atom. The van der Waals surface area contributed by atoms with E-state index >= 15 is 0 Å². The first kappa shape index (κ1) is 15.1. The van der Waals surface area contributed by atoms with Gasteiger partial charge in [0.25, 0.3) is 0 Å². The van der Waals surface area contributed by atoms with E-state index in [9.17, 15) is 13.6 Å². The van der Waals surface area contributed by atoms with E-state index in [0.717, 1.165) is 0 Å². The molecular formula is C15H14F2N4O2. The highest BCUT2D eigenvalue weighted by Gasteiger charge is 2.34. The molecule has 0 bridgehead atoms. The number of ether oxygens (including phenoxy) is 1. The average molecular weight is 320 g/mol. The molecule has 1 fully saturated rings. The smallest absolute Gasteiger partial charge is 0.387 e. The van der Waals surface area contributed by atoms with Crippen LogP contribution in [0.4, 0.5) is 20.4 Å². The summed E-state index contributed by atoms with van der Waals surface area (Å²) in [5.74, 6) is 0.0973. The summed E-state index contributed by atoms with van der Waals surface area (Å²) in [4.78, 5) is 22.0. The minimum Gasteiger partial charge on any atom is -0.433 e. The van der Waals surface area contributed by atoms with E-state index < -0.39 is 12.7 Å². The van der Waals surface area contributed by atoms with Gasteiger partial charge in [0, 0.05) is 18.9 Å². The Balaban J connectivity index is 1.77. The maximum Gasteiger partial charge on any atom is 0.387 e. The lowest BCUT2D eigenvalue weighted by Gasteiger charge is -2.20. The third-order valence-corrected chi connectivity index (χ3v) is 3.45. The van der Waals surface area contributed by atoms with Gasteiger partial charge in [0.15, 0.2) is 0 Å². The van der Waals surface area contributed by atoms with Crippen molar-refractivity contribution in [2.45, 2.75) is 19.1 Å². The van der Waals surface area contributed by atoms with Crippen molar-refractivity contribution in [3.05, 3.63) is 42.7 Å². The number of benzene rings is 1. The molecule has 0 unspecified atom stereocenters. The molecule has 0 aliphatic carbocycles. The molecular weight excluding hydrogens is 306 g/mol. The van der Waals surface area contributed by atoms with Crippen molar-refractivity contribution in [3.8, 4) is 5.75 Å². The van der Waals surface area contributed by atoms with E-state index in [-0.39, 0.29) is 11.7 Å². The number of alkyl halides is 2. The monoisotopic (exact) mass is 320 g/mol. The molecule has 1 aliphatic heterocycles. The van der Waals surface area contributed by atoms with Crippen molar-refractivity contribution >= 4 is 17.5 Å². The average Bonchev–Trinajstić information content (AvgIpc) is 2.89. The number of amides is 1. The Bertz CT molecular complexity index is 684. The molecule has 1 aromatic heterocycles. The summed E-state index contributed by atoms with van der Waals surface area (Å²) in [5.41, 5.74) is 0.330. The van der Waals surface area contributed by atoms with E-state index in [1.807, 2.05) is 0 Å². The molecule has 8 heteroatoms. The van der Waals surface area contributed by atoms with Gasteiger partial charge in [-0.1, -0.05) is 12.1 Å². The van der Waals surface area contributed by atoms with Crippen LogP contribution in [0.2, 0.25) is 0 Å². The lowest BCUT2D eigenvalue weighted by Crippen LogP contribution is -2.34. The van der Waals surface area contributed by atoms with Crippen LogP contribution in [-0.4, -0.2) is 35.1 Å². The fourth-order valence-electron chi connectivity index (χ4n) is 2.46. The Labute approximate surface area is 131 Å². The molecule has 23 heavy (non-hydrogen) atoms. The fraction of sp³-hybridized carbons (Fsp3) is 0.267. The molecule has 3 rings (SSSR count). The van der Waals surface area contributed by atoms with Crippen molar-refractivity contribution in [1.29, 1.82) is 0 Å². The standard InChI is InChI=1S/C15H14F2N4O2/c16-14(17)23-12-5-2-1-4-11(12)21-9-6-10(13(21)22)20-15-18-7-3-8-19-15/h1-5,7-8,10,14H,6,9H2,(H,18,19,20)/t10-/m0/s1. The van der Waals surface area contributed by atoms with Crippen molar-refractivity contribution in [1.82, 2.24) is 9.97 Å². The molecule has 120 valence electrons. The number of carbonyl (C=O) groups is 1. The first-order chi connectivity index (χ1) is 11.1. The highest BCUT2D eigenvalue weighted by molar-refractivity contribution is 6.01. The summed E-state index contributed by atoms with van der Waals surface area (Å²) in [6, 6.07) is 7.41. The zero-order valence-electron chi connectivity index (χ0n) is 12.0. The van der Waals surface area contributed by atoms with Gasteiger partial charge < -0.3 is 15.0 Å². The van der Waals surface area contributed by atoms with Crippen LogP contribution >= 0.6 is 0 Å². The number of nitrogens with one attached hydrogen (secondary N) is 1. The number of aromatic nitrogens is 2. The quantitative estimate of drug-likeness (QED) is 0.915. The van der Waals surface area contributed by atoms with E-state index in [1.54, 1.807) is 36.7 Å². The maximum absolute atomic E-state index is 12.5. The summed E-state index contributed by atoms with van der Waals surface area (Å²) >= 11 is 0. The summed E-state index contributed by atoms with van der Waals surface area (Å²) in [6.07, 6.45) is 3.65. The molecule has 0 spiro atoms. The highest BCUT2D eigenvalue weighted by atomic mass is 19.3. The van der Waals surface area contributed by atoms with Gasteiger partial charge in [-0.2, -0.15) is 8.78 Å². The van der Waals surface area contributed by atoms with E-state index in [2.05, 4.69) is 20.0 Å². The number of anilines is 2. The molecule has 1 saturated heterocycles. The second-order valence-corrected chi connectivity index (χ2v) is 4.89. The van der Waals surface area contributed by atoms with Crippen LogP contribution in [0.5, 0.6) is 5.75 Å². The predicted octanol–water partition coefficient (Wildman–Crippen LogP) is 2.30. The molecule has 6 nitrogen and oxygen atoms in total. The van der Waals surface area contributed by atoms with Crippen LogP contribution < -0.4 is 15.0 Å². The largest absolute Gasteiger partial charge is 0.433 e. The Hall–Kier alpha value is -2.77. The van der Waals surface area contributed by atoms with Gasteiger partial charge in [-0.15, -0.1) is 0 Å². The molecule has 1 aromatic carbocycles. The summed E-state index contributed by atoms with van der Waals surface area (Å²) in [5, 5.41) is 2.95. The number of nitrogens with zero attached hydrogens (tertiary/aromatic N) is 3. The molecule has 2 heterocycles. The van der Waals surface area contributed by atoms with Crippen LogP contribution in [-0.2, 0) is 4.79 Å². The number of halogens is 2. The van der Waals surface area contributed by atoms with Gasteiger partial charge in [-0.05, 0) is 24.6 Å². The lowest BCUT2D eigenvalue weighted by atomic mass is 10.2. The minimum absolute atomic E-state index is 0.0209. The third kappa shape index (κ3) is 3.36. The van der Waals surface area contributed by atoms with Gasteiger partial charge >= 0.3 is 6.61 Å². The zero-order valence-corrected chi connectivity index (χ0v) is 12.0. The molecule has 1 aliphatic rings. The van der Waals surface area contributed by atoms with Crippen molar-refractivity contribution in [2.24, 2.45) is 0 Å². The second-order valence-electron chi connectivity index (χ2n) is 4.89. The number of carbonyl (C=O) groups excluding carboxylic acids is 1. The fourth-order valence-corrected chi connectivity index (χ4v) is 2.46. The van der Waals surface area contributed by atoms with Crippen LogP contribution in [0.1, 0.15) is 6.42 Å². The lowest BCUT2D eigenvalue weighted by molar-refractivity contribution is -0.117. The second kappa shape index (κ2) is 6.55. The molecule has 1 N–H and O–H groups in total. The van der Waals surface area contributed by atoms with Crippen LogP contribution in [0.15, 0.2) is 42.7 Å². The van der Waals surface area contributed by atoms with Gasteiger partial charge in [-0.3, -0.25) is 4.79 Å². The molecule has 2 aromatic rings. The SMILES string of the molecule is O=C1[C@@H](Nc2ncccn2)CCN1c1ccccc1OC(F)F. The highest BCUT2D eigenvalue weighted by Crippen LogP contribution is 2.32. The first-order valence-electron chi connectivity index (χ1n) is 7.04. The van der Waals surface area contributed by atoms with Gasteiger partial charge in [0.05, 0.1) is 5.69 Å². The first-order valence-corrected chi connectivity index (χ1v) is 7.04. The summed E-state index contributed by atoms with van der Waals surface area (Å²) < 4.78 is 29.5. The Morgan fingerprint density at radius 1 is 1.22 bits per heavy atom. The van der Waals surface area contributed by atoms with Crippen molar-refractivity contribution < 1.29 is 18.3 Å². The third-order valence-electron chi connectivity index (χ3n) is 3.45. The Morgan fingerprint density at radius 3 is 2.70 bits per heavy atom. The number of para-hydroxylation sites is 2. The zero-order chi connectivity index (χ0) is 16.2. The number of rotatable bonds is 5. The number of hydrogen-bond donors (Lipinski definition) is 1. The van der Waals surface area contributed by atoms with Crippen molar-refractivity contribution in [2.75, 3.05) is 16.8 Å². The van der Waals surface area contributed by atoms with Crippen LogP contribution in [0.25, 0.3) is 0 Å². The molecule has 1 atom stereocenters. The van der Waals surface area contributed by atoms with Crippen molar-refractivity contribution in [3.63, 3.8) is 0 Å². The maximum atomic E-state index is 12.5. The van der Waals surface area contributed by atoms with Crippen LogP contribution in [0.3, 0.4) is 0 Å². The summed E-state index contributed by atoms with van der Waals surface area (Å²) in [7, 11) is 0. The van der Waals surface area contributed by atoms with Gasteiger partial charge in [0.2, 0.25) is 11.9 Å². The summed E-state index contributed by atoms with van der Waals surface area (Å²) in [6.45, 7) is -2.55. The molecule has 1 amide bonds. The minimum atomic E-state index is -2.94. The number of hydrogen-bond acceptors (Lipinski definition) is 5. The normalized spacial score (nSPS) is 17.6. The van der Waals surface area contributed by atoms with E-state index in [1.165, 1.54) is 11.0 Å². The predicted molar refractivity (Wildman–Crippen MR) is 79.5 cm³/mol.